The molecule has 2 aliphatic heterocycles. The zero-order valence-electron chi connectivity index (χ0n) is 12.5. The summed E-state index contributed by atoms with van der Waals surface area (Å²) >= 11 is 6.04. The summed E-state index contributed by atoms with van der Waals surface area (Å²) in [5.74, 6) is 1.07. The molecule has 5 heteroatoms. The molecule has 0 spiro atoms. The van der Waals surface area contributed by atoms with Crippen molar-refractivity contribution in [1.29, 1.82) is 0 Å². The van der Waals surface area contributed by atoms with Crippen molar-refractivity contribution in [2.75, 3.05) is 44.3 Å². The van der Waals surface area contributed by atoms with Crippen LogP contribution < -0.4 is 4.90 Å². The fourth-order valence-electron chi connectivity index (χ4n) is 3.45. The molecule has 2 aliphatic rings. The van der Waals surface area contributed by atoms with E-state index < -0.39 is 0 Å². The van der Waals surface area contributed by atoms with E-state index in [9.17, 15) is 0 Å². The van der Waals surface area contributed by atoms with Crippen molar-refractivity contribution >= 4 is 28.3 Å². The zero-order valence-corrected chi connectivity index (χ0v) is 13.3. The van der Waals surface area contributed by atoms with Crippen molar-refractivity contribution in [3.05, 3.63) is 35.4 Å². The molecule has 1 aromatic heterocycles. The number of rotatable bonds is 2. The van der Waals surface area contributed by atoms with Gasteiger partial charge in [0.1, 0.15) is 5.82 Å². The number of benzene rings is 1. The predicted octanol–water partition coefficient (Wildman–Crippen LogP) is 2.80. The van der Waals surface area contributed by atoms with Crippen molar-refractivity contribution in [2.45, 2.75) is 12.5 Å². The van der Waals surface area contributed by atoms with Gasteiger partial charge in [-0.05, 0) is 36.8 Å². The van der Waals surface area contributed by atoms with Gasteiger partial charge in [-0.25, -0.2) is 4.98 Å². The molecule has 0 radical (unpaired) electrons. The van der Waals surface area contributed by atoms with E-state index in [1.54, 1.807) is 0 Å². The van der Waals surface area contributed by atoms with Crippen LogP contribution in [0.3, 0.4) is 0 Å². The van der Waals surface area contributed by atoms with Gasteiger partial charge >= 0.3 is 0 Å². The Morgan fingerprint density at radius 1 is 1.09 bits per heavy atom. The van der Waals surface area contributed by atoms with E-state index in [0.717, 1.165) is 61.1 Å². The lowest BCUT2D eigenvalue weighted by atomic mass is 10.2. The number of hydrogen-bond donors (Lipinski definition) is 0. The summed E-state index contributed by atoms with van der Waals surface area (Å²) in [6, 6.07) is 10.7. The van der Waals surface area contributed by atoms with Gasteiger partial charge in [-0.15, -0.1) is 0 Å². The molecule has 1 unspecified atom stereocenters. The quantitative estimate of drug-likeness (QED) is 0.851. The van der Waals surface area contributed by atoms with Crippen molar-refractivity contribution in [2.24, 2.45) is 0 Å². The topological polar surface area (TPSA) is 28.6 Å². The van der Waals surface area contributed by atoms with Gasteiger partial charge in [-0.1, -0.05) is 11.6 Å². The Balaban J connectivity index is 1.51. The number of hydrogen-bond acceptors (Lipinski definition) is 4. The van der Waals surface area contributed by atoms with Crippen LogP contribution in [-0.4, -0.2) is 55.3 Å². The standard InChI is InChI=1S/C17H20ClN3O/c18-14-2-3-16-13(11-14)1-4-17(19-16)21-6-5-15(12-21)20-7-9-22-10-8-20/h1-4,11,15H,5-10,12H2. The van der Waals surface area contributed by atoms with E-state index in [1.807, 2.05) is 18.2 Å². The molecule has 0 amide bonds. The van der Waals surface area contributed by atoms with Gasteiger partial charge in [-0.2, -0.15) is 0 Å². The molecule has 4 nitrogen and oxygen atoms in total. The highest BCUT2D eigenvalue weighted by Gasteiger charge is 2.29. The van der Waals surface area contributed by atoms with Crippen molar-refractivity contribution < 1.29 is 4.74 Å². The lowest BCUT2D eigenvalue weighted by Crippen LogP contribution is -2.44. The zero-order chi connectivity index (χ0) is 14.9. The Kier molecular flexibility index (Phi) is 3.90. The molecule has 22 heavy (non-hydrogen) atoms. The van der Waals surface area contributed by atoms with Crippen LogP contribution >= 0.6 is 11.6 Å². The molecular weight excluding hydrogens is 298 g/mol. The summed E-state index contributed by atoms with van der Waals surface area (Å²) in [6.07, 6.45) is 1.21. The fourth-order valence-corrected chi connectivity index (χ4v) is 3.63. The van der Waals surface area contributed by atoms with Crippen molar-refractivity contribution in [1.82, 2.24) is 9.88 Å². The Bertz CT molecular complexity index is 672. The van der Waals surface area contributed by atoms with Gasteiger partial charge in [0.2, 0.25) is 0 Å². The third-order valence-electron chi connectivity index (χ3n) is 4.69. The minimum absolute atomic E-state index is 0.631. The van der Waals surface area contributed by atoms with Gasteiger partial charge in [0.05, 0.1) is 18.7 Å². The highest BCUT2D eigenvalue weighted by molar-refractivity contribution is 6.31. The third kappa shape index (κ3) is 2.78. The number of aromatic nitrogens is 1. The highest BCUT2D eigenvalue weighted by Crippen LogP contribution is 2.25. The number of halogens is 1. The monoisotopic (exact) mass is 317 g/mol. The molecule has 4 rings (SSSR count). The summed E-state index contributed by atoms with van der Waals surface area (Å²) in [5, 5.41) is 1.86. The second-order valence-electron chi connectivity index (χ2n) is 6.04. The summed E-state index contributed by atoms with van der Waals surface area (Å²) in [6.45, 7) is 5.99. The van der Waals surface area contributed by atoms with Crippen LogP contribution in [0.2, 0.25) is 5.02 Å². The first-order valence-corrected chi connectivity index (χ1v) is 8.30. The van der Waals surface area contributed by atoms with Crippen LogP contribution in [0.4, 0.5) is 5.82 Å². The number of ether oxygens (including phenoxy) is 1. The largest absolute Gasteiger partial charge is 0.379 e. The normalized spacial score (nSPS) is 23.3. The SMILES string of the molecule is Clc1ccc2nc(N3CCC(N4CCOCC4)C3)ccc2c1. The lowest BCUT2D eigenvalue weighted by molar-refractivity contribution is 0.0209. The number of morpholine rings is 1. The first kappa shape index (κ1) is 14.2. The van der Waals surface area contributed by atoms with Crippen LogP contribution in [0.1, 0.15) is 6.42 Å². The lowest BCUT2D eigenvalue weighted by Gasteiger charge is -2.32. The van der Waals surface area contributed by atoms with Gasteiger partial charge in [0, 0.05) is 42.6 Å². The van der Waals surface area contributed by atoms with E-state index in [1.165, 1.54) is 6.42 Å². The van der Waals surface area contributed by atoms with E-state index in [4.69, 9.17) is 21.3 Å². The summed E-state index contributed by atoms with van der Waals surface area (Å²) < 4.78 is 5.45. The van der Waals surface area contributed by atoms with E-state index in [-0.39, 0.29) is 0 Å². The van der Waals surface area contributed by atoms with Crippen LogP contribution in [0.25, 0.3) is 10.9 Å². The molecule has 0 bridgehead atoms. The third-order valence-corrected chi connectivity index (χ3v) is 4.92. The minimum atomic E-state index is 0.631. The molecule has 3 heterocycles. The predicted molar refractivity (Wildman–Crippen MR) is 89.8 cm³/mol. The van der Waals surface area contributed by atoms with Crippen LogP contribution in [-0.2, 0) is 4.74 Å². The molecule has 0 aliphatic carbocycles. The molecule has 0 saturated carbocycles. The molecule has 2 aromatic rings. The Morgan fingerprint density at radius 2 is 1.95 bits per heavy atom. The van der Waals surface area contributed by atoms with Gasteiger partial charge in [-0.3, -0.25) is 4.90 Å². The maximum absolute atomic E-state index is 6.04. The average Bonchev–Trinajstić information content (AvgIpc) is 3.05. The van der Waals surface area contributed by atoms with Crippen LogP contribution in [0.5, 0.6) is 0 Å². The smallest absolute Gasteiger partial charge is 0.129 e. The van der Waals surface area contributed by atoms with Gasteiger partial charge in [0.15, 0.2) is 0 Å². The first-order chi connectivity index (χ1) is 10.8. The molecule has 2 saturated heterocycles. The number of anilines is 1. The molecule has 1 aromatic carbocycles. The second-order valence-corrected chi connectivity index (χ2v) is 6.48. The number of pyridine rings is 1. The molecule has 0 N–H and O–H groups in total. The summed E-state index contributed by atoms with van der Waals surface area (Å²) in [5.41, 5.74) is 1.01. The van der Waals surface area contributed by atoms with Gasteiger partial charge in [0.25, 0.3) is 0 Å². The second kappa shape index (κ2) is 6.03. The molecule has 116 valence electrons. The average molecular weight is 318 g/mol. The maximum Gasteiger partial charge on any atom is 0.129 e. The minimum Gasteiger partial charge on any atom is -0.379 e. The summed E-state index contributed by atoms with van der Waals surface area (Å²) in [7, 11) is 0. The Morgan fingerprint density at radius 3 is 2.82 bits per heavy atom. The van der Waals surface area contributed by atoms with E-state index in [2.05, 4.69) is 21.9 Å². The fraction of sp³-hybridized carbons (Fsp3) is 0.471. The molecule has 1 atom stereocenters. The van der Waals surface area contributed by atoms with E-state index >= 15 is 0 Å². The number of nitrogens with zero attached hydrogens (tertiary/aromatic N) is 3. The van der Waals surface area contributed by atoms with Crippen LogP contribution in [0, 0.1) is 0 Å². The molecular formula is C17H20ClN3O. The van der Waals surface area contributed by atoms with Crippen molar-refractivity contribution in [3.8, 4) is 0 Å². The highest BCUT2D eigenvalue weighted by atomic mass is 35.5. The Labute approximate surface area is 135 Å². The summed E-state index contributed by atoms with van der Waals surface area (Å²) in [4.78, 5) is 9.76. The number of fused-ring (bicyclic) bond motifs is 1. The van der Waals surface area contributed by atoms with E-state index in [0.29, 0.717) is 6.04 Å². The Hall–Kier alpha value is -1.36. The van der Waals surface area contributed by atoms with Gasteiger partial charge < -0.3 is 9.64 Å². The first-order valence-electron chi connectivity index (χ1n) is 7.93. The van der Waals surface area contributed by atoms with Crippen LogP contribution in [0.15, 0.2) is 30.3 Å². The molecule has 2 fully saturated rings. The maximum atomic E-state index is 6.04. The van der Waals surface area contributed by atoms with Crippen molar-refractivity contribution in [3.63, 3.8) is 0 Å².